The Hall–Kier alpha value is -0.700. The van der Waals surface area contributed by atoms with Crippen LogP contribution in [0.15, 0.2) is 0 Å². The lowest BCUT2D eigenvalue weighted by Gasteiger charge is -2.42. The molecule has 21 heavy (non-hydrogen) atoms. The number of hydrogen-bond acceptors (Lipinski definition) is 4. The van der Waals surface area contributed by atoms with Crippen molar-refractivity contribution in [2.45, 2.75) is 50.7 Å². The molecular formula is C13H24N2O5S. The van der Waals surface area contributed by atoms with E-state index in [1.807, 2.05) is 6.92 Å². The second-order valence-electron chi connectivity index (χ2n) is 6.06. The lowest BCUT2D eigenvalue weighted by atomic mass is 9.96. The Morgan fingerprint density at radius 1 is 1.29 bits per heavy atom. The SMILES string of the molecule is COC1(C)CCCN(S(=O)(=O)N2CCCCC2C(=O)O)C1. The molecule has 2 aliphatic heterocycles. The van der Waals surface area contributed by atoms with Gasteiger partial charge in [-0.3, -0.25) is 4.79 Å². The average Bonchev–Trinajstić information content (AvgIpc) is 2.47. The molecule has 8 heteroatoms. The fraction of sp³-hybridized carbons (Fsp3) is 0.923. The van der Waals surface area contributed by atoms with Gasteiger partial charge in [0.05, 0.1) is 5.60 Å². The Labute approximate surface area is 126 Å². The molecule has 2 rings (SSSR count). The molecule has 0 aromatic rings. The summed E-state index contributed by atoms with van der Waals surface area (Å²) >= 11 is 0. The maximum Gasteiger partial charge on any atom is 0.322 e. The molecule has 2 atom stereocenters. The molecule has 122 valence electrons. The second kappa shape index (κ2) is 6.20. The minimum atomic E-state index is -3.75. The Bertz CT molecular complexity index is 495. The van der Waals surface area contributed by atoms with E-state index < -0.39 is 27.8 Å². The Morgan fingerprint density at radius 2 is 2.00 bits per heavy atom. The first kappa shape index (κ1) is 16.7. The largest absolute Gasteiger partial charge is 0.480 e. The molecule has 0 bridgehead atoms. The summed E-state index contributed by atoms with van der Waals surface area (Å²) in [7, 11) is -2.17. The highest BCUT2D eigenvalue weighted by molar-refractivity contribution is 7.86. The second-order valence-corrected chi connectivity index (χ2v) is 7.94. The number of rotatable bonds is 4. The first-order valence-electron chi connectivity index (χ1n) is 7.35. The molecule has 1 N–H and O–H groups in total. The zero-order chi connectivity index (χ0) is 15.7. The summed E-state index contributed by atoms with van der Waals surface area (Å²) in [6.45, 7) is 2.86. The highest BCUT2D eigenvalue weighted by Gasteiger charge is 2.43. The molecule has 7 nitrogen and oxygen atoms in total. The number of hydrogen-bond donors (Lipinski definition) is 1. The first-order chi connectivity index (χ1) is 9.80. The predicted octanol–water partition coefficient (Wildman–Crippen LogP) is 0.671. The van der Waals surface area contributed by atoms with E-state index in [0.29, 0.717) is 19.4 Å². The van der Waals surface area contributed by atoms with Crippen molar-refractivity contribution >= 4 is 16.2 Å². The van der Waals surface area contributed by atoms with Gasteiger partial charge in [-0.2, -0.15) is 17.0 Å². The molecule has 0 radical (unpaired) electrons. The van der Waals surface area contributed by atoms with Crippen LogP contribution in [0.3, 0.4) is 0 Å². The topological polar surface area (TPSA) is 87.2 Å². The minimum absolute atomic E-state index is 0.272. The average molecular weight is 320 g/mol. The summed E-state index contributed by atoms with van der Waals surface area (Å²) < 4.78 is 33.5. The normalized spacial score (nSPS) is 33.0. The van der Waals surface area contributed by atoms with Crippen LogP contribution in [0.5, 0.6) is 0 Å². The van der Waals surface area contributed by atoms with E-state index in [1.165, 1.54) is 4.31 Å². The standard InChI is InChI=1S/C13H24N2O5S/c1-13(20-2)7-5-8-14(10-13)21(18,19)15-9-4-3-6-11(15)12(16)17/h11H,3-10H2,1-2H3,(H,16,17). The van der Waals surface area contributed by atoms with Crippen molar-refractivity contribution in [1.29, 1.82) is 0 Å². The van der Waals surface area contributed by atoms with Crippen LogP contribution < -0.4 is 0 Å². The molecular weight excluding hydrogens is 296 g/mol. The minimum Gasteiger partial charge on any atom is -0.480 e. The third-order valence-electron chi connectivity index (χ3n) is 4.48. The van der Waals surface area contributed by atoms with E-state index in [0.717, 1.165) is 23.6 Å². The molecule has 2 unspecified atom stereocenters. The number of carboxylic acid groups (broad SMARTS) is 1. The van der Waals surface area contributed by atoms with E-state index in [1.54, 1.807) is 7.11 Å². The van der Waals surface area contributed by atoms with E-state index in [-0.39, 0.29) is 13.1 Å². The van der Waals surface area contributed by atoms with Crippen LogP contribution in [-0.2, 0) is 19.7 Å². The maximum absolute atomic E-state index is 12.8. The Kier molecular flexibility index (Phi) is 4.92. The smallest absolute Gasteiger partial charge is 0.322 e. The van der Waals surface area contributed by atoms with Crippen LogP contribution >= 0.6 is 0 Å². The van der Waals surface area contributed by atoms with Gasteiger partial charge in [0.25, 0.3) is 10.2 Å². The first-order valence-corrected chi connectivity index (χ1v) is 8.75. The maximum atomic E-state index is 12.8. The lowest BCUT2D eigenvalue weighted by molar-refractivity contribution is -0.142. The molecule has 0 aromatic carbocycles. The summed E-state index contributed by atoms with van der Waals surface area (Å²) in [5.74, 6) is -1.07. The number of methoxy groups -OCH3 is 1. The van der Waals surface area contributed by atoms with Crippen molar-refractivity contribution in [2.24, 2.45) is 0 Å². The number of ether oxygens (including phenoxy) is 1. The summed E-state index contributed by atoms with van der Waals surface area (Å²) in [5.41, 5.74) is -0.500. The zero-order valence-electron chi connectivity index (χ0n) is 12.6. The van der Waals surface area contributed by atoms with Crippen LogP contribution in [-0.4, -0.2) is 66.5 Å². The molecule has 2 saturated heterocycles. The number of carboxylic acids is 1. The van der Waals surface area contributed by atoms with Gasteiger partial charge in [0.2, 0.25) is 0 Å². The van der Waals surface area contributed by atoms with Crippen molar-refractivity contribution in [2.75, 3.05) is 26.7 Å². The molecule has 0 saturated carbocycles. The number of piperidine rings is 2. The van der Waals surface area contributed by atoms with Gasteiger partial charge in [-0.05, 0) is 39.0 Å². The van der Waals surface area contributed by atoms with Crippen molar-refractivity contribution in [3.05, 3.63) is 0 Å². The van der Waals surface area contributed by atoms with Crippen molar-refractivity contribution < 1.29 is 23.1 Å². The number of nitrogens with zero attached hydrogens (tertiary/aromatic N) is 2. The molecule has 2 aliphatic rings. The fourth-order valence-corrected chi connectivity index (χ4v) is 5.07. The number of aliphatic carboxylic acids is 1. The summed E-state index contributed by atoms with van der Waals surface area (Å²) in [5, 5.41) is 9.27. The number of carbonyl (C=O) groups is 1. The third-order valence-corrected chi connectivity index (χ3v) is 6.47. The highest BCUT2D eigenvalue weighted by Crippen LogP contribution is 2.29. The van der Waals surface area contributed by atoms with Crippen LogP contribution in [0, 0.1) is 0 Å². The lowest BCUT2D eigenvalue weighted by Crippen LogP contribution is -2.57. The molecule has 0 aromatic heterocycles. The summed E-state index contributed by atoms with van der Waals surface area (Å²) in [6, 6.07) is -0.945. The van der Waals surface area contributed by atoms with Gasteiger partial charge >= 0.3 is 5.97 Å². The van der Waals surface area contributed by atoms with Crippen LogP contribution in [0.1, 0.15) is 39.0 Å². The van der Waals surface area contributed by atoms with E-state index in [2.05, 4.69) is 0 Å². The molecule has 0 spiro atoms. The predicted molar refractivity (Wildman–Crippen MR) is 77.1 cm³/mol. The van der Waals surface area contributed by atoms with Gasteiger partial charge < -0.3 is 9.84 Å². The summed E-state index contributed by atoms with van der Waals surface area (Å²) in [4.78, 5) is 11.3. The van der Waals surface area contributed by atoms with Crippen molar-refractivity contribution in [3.8, 4) is 0 Å². The Balaban J connectivity index is 2.21. The monoisotopic (exact) mass is 320 g/mol. The quantitative estimate of drug-likeness (QED) is 0.823. The summed E-state index contributed by atoms with van der Waals surface area (Å²) in [6.07, 6.45) is 3.36. The van der Waals surface area contributed by atoms with Gasteiger partial charge in [0.1, 0.15) is 6.04 Å². The Morgan fingerprint density at radius 3 is 2.62 bits per heavy atom. The van der Waals surface area contributed by atoms with Crippen LogP contribution in [0.4, 0.5) is 0 Å². The fourth-order valence-electron chi connectivity index (χ4n) is 3.10. The van der Waals surface area contributed by atoms with Crippen molar-refractivity contribution in [3.63, 3.8) is 0 Å². The zero-order valence-corrected chi connectivity index (χ0v) is 13.4. The van der Waals surface area contributed by atoms with Gasteiger partial charge in [-0.25, -0.2) is 0 Å². The third kappa shape index (κ3) is 3.39. The molecule has 0 amide bonds. The van der Waals surface area contributed by atoms with E-state index in [4.69, 9.17) is 4.74 Å². The van der Waals surface area contributed by atoms with Crippen molar-refractivity contribution in [1.82, 2.24) is 8.61 Å². The van der Waals surface area contributed by atoms with E-state index >= 15 is 0 Å². The van der Waals surface area contributed by atoms with Gasteiger partial charge in [0, 0.05) is 26.7 Å². The van der Waals surface area contributed by atoms with Crippen LogP contribution in [0.25, 0.3) is 0 Å². The van der Waals surface area contributed by atoms with E-state index in [9.17, 15) is 18.3 Å². The van der Waals surface area contributed by atoms with Crippen LogP contribution in [0.2, 0.25) is 0 Å². The van der Waals surface area contributed by atoms with Gasteiger partial charge in [-0.15, -0.1) is 0 Å². The van der Waals surface area contributed by atoms with Gasteiger partial charge in [0.15, 0.2) is 0 Å². The molecule has 0 aliphatic carbocycles. The highest BCUT2D eigenvalue weighted by atomic mass is 32.2. The molecule has 2 fully saturated rings. The molecule has 2 heterocycles. The van der Waals surface area contributed by atoms with Gasteiger partial charge in [-0.1, -0.05) is 0 Å².